The third kappa shape index (κ3) is 3.75. The van der Waals surface area contributed by atoms with Crippen molar-refractivity contribution >= 4 is 22.8 Å². The Morgan fingerprint density at radius 1 is 1.33 bits per heavy atom. The Labute approximate surface area is 175 Å². The molecule has 1 aliphatic heterocycles. The highest BCUT2D eigenvalue weighted by Gasteiger charge is 2.40. The van der Waals surface area contributed by atoms with Gasteiger partial charge in [-0.15, -0.1) is 0 Å². The van der Waals surface area contributed by atoms with Crippen LogP contribution < -0.4 is 10.6 Å². The number of anilines is 1. The molecule has 2 aromatic rings. The molecule has 0 aliphatic carbocycles. The van der Waals surface area contributed by atoms with E-state index < -0.39 is 17.7 Å². The summed E-state index contributed by atoms with van der Waals surface area (Å²) in [7, 11) is 1.63. The molecule has 0 radical (unpaired) electrons. The zero-order valence-electron chi connectivity index (χ0n) is 18.0. The molecule has 0 amide bonds. The number of hydrogen-bond donors (Lipinski definition) is 1. The van der Waals surface area contributed by atoms with Gasteiger partial charge < -0.3 is 10.0 Å². The second-order valence-corrected chi connectivity index (χ2v) is 8.24. The van der Waals surface area contributed by atoms with Crippen molar-refractivity contribution in [2.45, 2.75) is 52.2 Å². The van der Waals surface area contributed by atoms with Gasteiger partial charge in [-0.1, -0.05) is 20.8 Å². The van der Waals surface area contributed by atoms with Gasteiger partial charge in [-0.25, -0.2) is 9.78 Å². The number of rotatable bonds is 5. The molecule has 9 nitrogen and oxygen atoms in total. The van der Waals surface area contributed by atoms with Crippen molar-refractivity contribution < 1.29 is 9.90 Å². The molecule has 1 N–H and O–H groups in total. The summed E-state index contributed by atoms with van der Waals surface area (Å²) >= 11 is 0. The van der Waals surface area contributed by atoms with Gasteiger partial charge in [0.25, 0.3) is 0 Å². The third-order valence-corrected chi connectivity index (χ3v) is 5.92. The van der Waals surface area contributed by atoms with Gasteiger partial charge in [0.15, 0.2) is 5.82 Å². The molecule has 160 valence electrons. The summed E-state index contributed by atoms with van der Waals surface area (Å²) < 4.78 is 1.42. The molecule has 2 aromatic heterocycles. The lowest BCUT2D eigenvalue weighted by atomic mass is 9.96. The first-order chi connectivity index (χ1) is 14.2. The number of carbonyl (C=O) groups is 1. The number of fused-ring (bicyclic) bond motifs is 1. The summed E-state index contributed by atoms with van der Waals surface area (Å²) in [6, 6.07) is 4.68. The van der Waals surface area contributed by atoms with Crippen LogP contribution in [0.1, 0.15) is 39.8 Å². The molecule has 3 heterocycles. The smallest absolute Gasteiger partial charge is 0.349 e. The maximum atomic E-state index is 12.5. The van der Waals surface area contributed by atoms with Gasteiger partial charge in [0.05, 0.1) is 5.52 Å². The number of aliphatic carboxylic acids is 1. The minimum absolute atomic E-state index is 0.00948. The first kappa shape index (κ1) is 21.7. The van der Waals surface area contributed by atoms with E-state index in [1.165, 1.54) is 4.57 Å². The highest BCUT2D eigenvalue weighted by atomic mass is 16.4. The number of hydrogen-bond acceptors (Lipinski definition) is 7. The number of aryl methyl sites for hydroxylation is 1. The largest absolute Gasteiger partial charge is 0.480 e. The molecule has 1 saturated heterocycles. The molecule has 3 rings (SSSR count). The van der Waals surface area contributed by atoms with Crippen molar-refractivity contribution in [3.8, 4) is 6.07 Å². The van der Waals surface area contributed by atoms with Crippen molar-refractivity contribution in [3.63, 3.8) is 0 Å². The van der Waals surface area contributed by atoms with Crippen LogP contribution in [-0.4, -0.2) is 61.7 Å². The van der Waals surface area contributed by atoms with Crippen molar-refractivity contribution in [2.24, 2.45) is 13.0 Å². The van der Waals surface area contributed by atoms with Crippen LogP contribution >= 0.6 is 0 Å². The third-order valence-electron chi connectivity index (χ3n) is 5.92. The summed E-state index contributed by atoms with van der Waals surface area (Å²) in [6.45, 7) is 8.94. The van der Waals surface area contributed by atoms with E-state index in [4.69, 9.17) is 0 Å². The Bertz CT molecular complexity index is 1060. The molecule has 9 heteroatoms. The Kier molecular flexibility index (Phi) is 6.08. The number of pyridine rings is 1. The van der Waals surface area contributed by atoms with E-state index in [9.17, 15) is 20.0 Å². The fourth-order valence-electron chi connectivity index (χ4n) is 4.35. The quantitative estimate of drug-likeness (QED) is 0.787. The second-order valence-electron chi connectivity index (χ2n) is 8.24. The minimum Gasteiger partial charge on any atom is -0.480 e. The topological polar surface area (TPSA) is 115 Å². The molecular weight excluding hydrogens is 384 g/mol. The number of nitriles is 1. The monoisotopic (exact) mass is 412 g/mol. The van der Waals surface area contributed by atoms with E-state index in [0.29, 0.717) is 29.9 Å². The van der Waals surface area contributed by atoms with Crippen LogP contribution in [0.4, 0.5) is 5.82 Å². The Morgan fingerprint density at radius 2 is 2.03 bits per heavy atom. The standard InChI is InChI=1S/C21H28N6O3/c1-6-15-11-26(13(4)10-27(15)18(12(2)3)20(28)29)19-17-16(25(5)21(30)24-19)8-7-14(9-22)23-17/h7-8,12-13,15,18H,6,10-11H2,1-5H3,(H,28,29)/t13-,15+,18?/m0/s1. The van der Waals surface area contributed by atoms with Gasteiger partial charge >= 0.3 is 11.7 Å². The molecule has 1 fully saturated rings. The van der Waals surface area contributed by atoms with Crippen molar-refractivity contribution in [1.29, 1.82) is 5.26 Å². The first-order valence-electron chi connectivity index (χ1n) is 10.2. The van der Waals surface area contributed by atoms with Crippen molar-refractivity contribution in [1.82, 2.24) is 19.4 Å². The Morgan fingerprint density at radius 3 is 2.60 bits per heavy atom. The van der Waals surface area contributed by atoms with E-state index in [0.717, 1.165) is 6.42 Å². The second kappa shape index (κ2) is 8.40. The highest BCUT2D eigenvalue weighted by molar-refractivity contribution is 5.86. The van der Waals surface area contributed by atoms with Crippen LogP contribution in [0.3, 0.4) is 0 Å². The first-order valence-corrected chi connectivity index (χ1v) is 10.2. The number of carboxylic acids is 1. The summed E-state index contributed by atoms with van der Waals surface area (Å²) in [6.07, 6.45) is 0.763. The molecular formula is C21H28N6O3. The maximum Gasteiger partial charge on any atom is 0.349 e. The van der Waals surface area contributed by atoms with E-state index in [2.05, 4.69) is 14.9 Å². The van der Waals surface area contributed by atoms with Crippen LogP contribution in [0.15, 0.2) is 16.9 Å². The number of aromatic nitrogens is 3. The van der Waals surface area contributed by atoms with Gasteiger partial charge in [-0.2, -0.15) is 10.2 Å². The lowest BCUT2D eigenvalue weighted by Crippen LogP contribution is -2.63. The van der Waals surface area contributed by atoms with Gasteiger partial charge in [-0.3, -0.25) is 14.3 Å². The SMILES string of the molecule is CC[C@@H]1CN(c2nc(=O)n(C)c3ccc(C#N)nc23)[C@@H](C)CN1C(C(=O)O)C(C)C. The predicted molar refractivity (Wildman–Crippen MR) is 113 cm³/mol. The molecule has 0 aromatic carbocycles. The molecule has 0 bridgehead atoms. The molecule has 30 heavy (non-hydrogen) atoms. The average molecular weight is 412 g/mol. The number of nitrogens with zero attached hydrogens (tertiary/aromatic N) is 6. The van der Waals surface area contributed by atoms with Crippen LogP contribution in [-0.2, 0) is 11.8 Å². The number of carboxylic acid groups (broad SMARTS) is 1. The average Bonchev–Trinajstić information content (AvgIpc) is 2.70. The van der Waals surface area contributed by atoms with Crippen LogP contribution in [0.2, 0.25) is 0 Å². The Balaban J connectivity index is 2.09. The van der Waals surface area contributed by atoms with E-state index in [1.807, 2.05) is 38.7 Å². The molecule has 3 atom stereocenters. The van der Waals surface area contributed by atoms with Crippen LogP contribution in [0, 0.1) is 17.2 Å². The van der Waals surface area contributed by atoms with Crippen molar-refractivity contribution in [2.75, 3.05) is 18.0 Å². The lowest BCUT2D eigenvalue weighted by molar-refractivity contribution is -0.147. The summed E-state index contributed by atoms with van der Waals surface area (Å²) in [4.78, 5) is 37.2. The molecule has 1 unspecified atom stereocenters. The summed E-state index contributed by atoms with van der Waals surface area (Å²) in [5, 5.41) is 19.1. The lowest BCUT2D eigenvalue weighted by Gasteiger charge is -2.48. The highest BCUT2D eigenvalue weighted by Crippen LogP contribution is 2.30. The zero-order valence-corrected chi connectivity index (χ0v) is 18.0. The van der Waals surface area contributed by atoms with Gasteiger partial charge in [0.2, 0.25) is 0 Å². The molecule has 0 spiro atoms. The van der Waals surface area contributed by atoms with E-state index in [-0.39, 0.29) is 23.7 Å². The summed E-state index contributed by atoms with van der Waals surface area (Å²) in [5.74, 6) is -0.396. The Hall–Kier alpha value is -2.99. The zero-order chi connectivity index (χ0) is 22.2. The predicted octanol–water partition coefficient (Wildman–Crippen LogP) is 1.60. The van der Waals surface area contributed by atoms with Crippen LogP contribution in [0.25, 0.3) is 11.0 Å². The van der Waals surface area contributed by atoms with E-state index >= 15 is 0 Å². The maximum absolute atomic E-state index is 12.5. The molecule has 0 saturated carbocycles. The van der Waals surface area contributed by atoms with Crippen molar-refractivity contribution in [3.05, 3.63) is 28.3 Å². The van der Waals surface area contributed by atoms with Gasteiger partial charge in [0, 0.05) is 32.2 Å². The van der Waals surface area contributed by atoms with Gasteiger partial charge in [0.1, 0.15) is 23.3 Å². The van der Waals surface area contributed by atoms with Crippen LogP contribution in [0.5, 0.6) is 0 Å². The normalized spacial score (nSPS) is 21.0. The van der Waals surface area contributed by atoms with E-state index in [1.54, 1.807) is 19.2 Å². The molecule has 1 aliphatic rings. The number of piperazine rings is 1. The minimum atomic E-state index is -0.818. The summed E-state index contributed by atoms with van der Waals surface area (Å²) in [5.41, 5.74) is 0.979. The van der Waals surface area contributed by atoms with Gasteiger partial charge in [-0.05, 0) is 31.4 Å². The fourth-order valence-corrected chi connectivity index (χ4v) is 4.35. The fraction of sp³-hybridized carbons (Fsp3) is 0.571.